The highest BCUT2D eigenvalue weighted by molar-refractivity contribution is 5.74. The molecule has 2 N–H and O–H groups in total. The summed E-state index contributed by atoms with van der Waals surface area (Å²) in [5.41, 5.74) is 4.53. The molecule has 0 radical (unpaired) electrons. The van der Waals surface area contributed by atoms with Crippen molar-refractivity contribution in [3.05, 3.63) is 65.5 Å². The van der Waals surface area contributed by atoms with Crippen molar-refractivity contribution in [3.8, 4) is 0 Å². The fourth-order valence-corrected chi connectivity index (χ4v) is 5.63. The number of aryl methyl sites for hydroxylation is 1. The molecule has 0 saturated heterocycles. The molecule has 3 aliphatic rings. The molecule has 0 spiro atoms. The van der Waals surface area contributed by atoms with E-state index in [0.29, 0.717) is 11.8 Å². The lowest BCUT2D eigenvalue weighted by molar-refractivity contribution is -0.0452. The number of aromatic nitrogens is 2. The standard InChI is InChI=1S/C25H31N3O/c1-28(15-6-11-24-26-22-9-4-5-10-23(22)27-24)16-14-25(29)17-18-12-13-21(25)20-8-3-2-7-19(18)20/h2-5,7-10,18,21,29H,6,11-17H2,1H3,(H,26,27). The fourth-order valence-electron chi connectivity index (χ4n) is 5.63. The van der Waals surface area contributed by atoms with E-state index in [1.807, 2.05) is 12.1 Å². The van der Waals surface area contributed by atoms with E-state index in [4.69, 9.17) is 0 Å². The summed E-state index contributed by atoms with van der Waals surface area (Å²) in [6.07, 6.45) is 6.20. The first kappa shape index (κ1) is 18.8. The maximum Gasteiger partial charge on any atom is 0.107 e. The lowest BCUT2D eigenvalue weighted by atomic mass is 9.58. The van der Waals surface area contributed by atoms with Crippen LogP contribution in [0.15, 0.2) is 48.5 Å². The van der Waals surface area contributed by atoms with E-state index >= 15 is 0 Å². The lowest BCUT2D eigenvalue weighted by Crippen LogP contribution is -2.47. The number of nitrogens with zero attached hydrogens (tertiary/aromatic N) is 2. The molecule has 3 atom stereocenters. The van der Waals surface area contributed by atoms with Crippen LogP contribution in [0.2, 0.25) is 0 Å². The Kier molecular flexibility index (Phi) is 4.92. The highest BCUT2D eigenvalue weighted by atomic mass is 16.3. The van der Waals surface area contributed by atoms with Gasteiger partial charge in [0.15, 0.2) is 0 Å². The summed E-state index contributed by atoms with van der Waals surface area (Å²) in [7, 11) is 2.18. The zero-order valence-electron chi connectivity index (χ0n) is 17.3. The number of hydrogen-bond acceptors (Lipinski definition) is 3. The molecule has 1 heterocycles. The van der Waals surface area contributed by atoms with Gasteiger partial charge in [0, 0.05) is 18.9 Å². The maximum atomic E-state index is 11.5. The predicted octanol–water partition coefficient (Wildman–Crippen LogP) is 4.61. The molecule has 1 fully saturated rings. The summed E-state index contributed by atoms with van der Waals surface area (Å²) in [6.45, 7) is 1.97. The maximum absolute atomic E-state index is 11.5. The van der Waals surface area contributed by atoms with Crippen LogP contribution < -0.4 is 0 Å². The van der Waals surface area contributed by atoms with Gasteiger partial charge in [-0.2, -0.15) is 0 Å². The third kappa shape index (κ3) is 3.60. The molecule has 6 rings (SSSR count). The van der Waals surface area contributed by atoms with E-state index in [-0.39, 0.29) is 0 Å². The van der Waals surface area contributed by atoms with Gasteiger partial charge in [0.05, 0.1) is 16.6 Å². The van der Waals surface area contributed by atoms with Crippen molar-refractivity contribution in [1.82, 2.24) is 14.9 Å². The number of fused-ring (bicyclic) bond motifs is 3. The number of para-hydroxylation sites is 2. The Morgan fingerprint density at radius 2 is 1.86 bits per heavy atom. The van der Waals surface area contributed by atoms with E-state index in [9.17, 15) is 5.11 Å². The molecule has 29 heavy (non-hydrogen) atoms. The quantitative estimate of drug-likeness (QED) is 0.620. The van der Waals surface area contributed by atoms with Crippen molar-refractivity contribution in [3.63, 3.8) is 0 Å². The molecule has 3 unspecified atom stereocenters. The molecule has 1 saturated carbocycles. The van der Waals surface area contributed by atoms with Crippen molar-refractivity contribution >= 4 is 11.0 Å². The zero-order valence-corrected chi connectivity index (χ0v) is 17.3. The normalized spacial score (nSPS) is 25.6. The van der Waals surface area contributed by atoms with Crippen LogP contribution >= 0.6 is 0 Å². The highest BCUT2D eigenvalue weighted by Crippen LogP contribution is 2.55. The van der Waals surface area contributed by atoms with Crippen LogP contribution in [0.1, 0.15) is 60.9 Å². The number of aliphatic hydroxyl groups is 1. The third-order valence-corrected chi connectivity index (χ3v) is 7.18. The molecule has 152 valence electrons. The largest absolute Gasteiger partial charge is 0.389 e. The van der Waals surface area contributed by atoms with Gasteiger partial charge < -0.3 is 15.0 Å². The summed E-state index contributed by atoms with van der Waals surface area (Å²) < 4.78 is 0. The van der Waals surface area contributed by atoms with Gasteiger partial charge >= 0.3 is 0 Å². The number of H-pyrrole nitrogens is 1. The minimum absolute atomic E-state index is 0.313. The first-order valence-electron chi connectivity index (χ1n) is 11.1. The van der Waals surface area contributed by atoms with E-state index < -0.39 is 5.60 Å². The van der Waals surface area contributed by atoms with Crippen LogP contribution in [0, 0.1) is 0 Å². The molecule has 4 nitrogen and oxygen atoms in total. The zero-order chi connectivity index (χ0) is 19.8. The number of imidazole rings is 1. The number of benzene rings is 2. The van der Waals surface area contributed by atoms with Crippen LogP contribution in [0.5, 0.6) is 0 Å². The second-order valence-corrected chi connectivity index (χ2v) is 9.12. The average molecular weight is 390 g/mol. The van der Waals surface area contributed by atoms with Gasteiger partial charge in [-0.25, -0.2) is 4.98 Å². The van der Waals surface area contributed by atoms with Crippen LogP contribution in [-0.4, -0.2) is 45.7 Å². The Hall–Kier alpha value is -2.17. The van der Waals surface area contributed by atoms with Crippen LogP contribution in [0.3, 0.4) is 0 Å². The summed E-state index contributed by atoms with van der Waals surface area (Å²) in [5.74, 6) is 1.92. The Morgan fingerprint density at radius 1 is 1.07 bits per heavy atom. The SMILES string of the molecule is CN(CCCc1nc2ccccc2[nH]1)CCC1(O)CC2CCC1c1ccccc12. The number of aromatic amines is 1. The van der Waals surface area contributed by atoms with Crippen molar-refractivity contribution in [2.75, 3.05) is 20.1 Å². The molecule has 0 aliphatic heterocycles. The molecule has 1 aromatic heterocycles. The molecule has 2 aromatic carbocycles. The van der Waals surface area contributed by atoms with E-state index in [0.717, 1.165) is 62.1 Å². The van der Waals surface area contributed by atoms with Gasteiger partial charge in [-0.3, -0.25) is 0 Å². The molecule has 4 heteroatoms. The monoisotopic (exact) mass is 389 g/mol. The van der Waals surface area contributed by atoms with Gasteiger partial charge in [-0.05, 0) is 74.9 Å². The van der Waals surface area contributed by atoms with Gasteiger partial charge in [-0.1, -0.05) is 36.4 Å². The van der Waals surface area contributed by atoms with Crippen LogP contribution in [-0.2, 0) is 6.42 Å². The Morgan fingerprint density at radius 3 is 2.72 bits per heavy atom. The number of nitrogens with one attached hydrogen (secondary N) is 1. The first-order valence-corrected chi connectivity index (χ1v) is 11.1. The van der Waals surface area contributed by atoms with Crippen molar-refractivity contribution < 1.29 is 5.11 Å². The van der Waals surface area contributed by atoms with Crippen LogP contribution in [0.4, 0.5) is 0 Å². The van der Waals surface area contributed by atoms with Crippen molar-refractivity contribution in [1.29, 1.82) is 0 Å². The van der Waals surface area contributed by atoms with Gasteiger partial charge in [0.25, 0.3) is 0 Å². The average Bonchev–Trinajstić information content (AvgIpc) is 3.16. The Bertz CT molecular complexity index is 963. The molecule has 3 aromatic rings. The second-order valence-electron chi connectivity index (χ2n) is 9.12. The van der Waals surface area contributed by atoms with Crippen molar-refractivity contribution in [2.24, 2.45) is 0 Å². The second kappa shape index (κ2) is 7.58. The Labute approximate surface area is 173 Å². The van der Waals surface area contributed by atoms with E-state index in [1.165, 1.54) is 17.5 Å². The minimum Gasteiger partial charge on any atom is -0.389 e. The molecule has 2 bridgehead atoms. The smallest absolute Gasteiger partial charge is 0.107 e. The lowest BCUT2D eigenvalue weighted by Gasteiger charge is -2.50. The van der Waals surface area contributed by atoms with Crippen LogP contribution in [0.25, 0.3) is 11.0 Å². The topological polar surface area (TPSA) is 52.2 Å². The number of rotatable bonds is 7. The fraction of sp³-hybridized carbons (Fsp3) is 0.480. The molecule has 3 aliphatic carbocycles. The van der Waals surface area contributed by atoms with E-state index in [1.54, 1.807) is 0 Å². The molecule has 0 amide bonds. The predicted molar refractivity (Wildman–Crippen MR) is 117 cm³/mol. The summed E-state index contributed by atoms with van der Waals surface area (Å²) in [4.78, 5) is 10.5. The summed E-state index contributed by atoms with van der Waals surface area (Å²) in [5, 5.41) is 11.5. The summed E-state index contributed by atoms with van der Waals surface area (Å²) in [6, 6.07) is 17.0. The number of hydrogen-bond donors (Lipinski definition) is 2. The van der Waals surface area contributed by atoms with Gasteiger partial charge in [0.2, 0.25) is 0 Å². The Balaban J connectivity index is 1.14. The van der Waals surface area contributed by atoms with Gasteiger partial charge in [0.1, 0.15) is 5.82 Å². The van der Waals surface area contributed by atoms with Crippen molar-refractivity contribution in [2.45, 2.75) is 56.0 Å². The minimum atomic E-state index is -0.537. The molecular formula is C25H31N3O. The third-order valence-electron chi connectivity index (χ3n) is 7.18. The van der Waals surface area contributed by atoms with E-state index in [2.05, 4.69) is 58.3 Å². The molecular weight excluding hydrogens is 358 g/mol. The summed E-state index contributed by atoms with van der Waals surface area (Å²) >= 11 is 0. The first-order chi connectivity index (χ1) is 14.1. The highest BCUT2D eigenvalue weighted by Gasteiger charge is 2.48. The van der Waals surface area contributed by atoms with Gasteiger partial charge in [-0.15, -0.1) is 0 Å².